The van der Waals surface area contributed by atoms with E-state index in [0.29, 0.717) is 48.4 Å². The Balaban J connectivity index is 1.18. The molecule has 220 valence electrons. The molecule has 0 aromatic heterocycles. The first-order chi connectivity index (χ1) is 20.3. The summed E-state index contributed by atoms with van der Waals surface area (Å²) >= 11 is 0. The van der Waals surface area contributed by atoms with Crippen molar-refractivity contribution in [3.63, 3.8) is 0 Å². The first kappa shape index (κ1) is 28.5. The Labute approximate surface area is 249 Å². The lowest BCUT2D eigenvalue weighted by Gasteiger charge is -2.48. The number of aromatic hydroxyl groups is 1. The predicted octanol–water partition coefficient (Wildman–Crippen LogP) is 6.01. The van der Waals surface area contributed by atoms with Crippen LogP contribution in [0.2, 0.25) is 0 Å². The molecule has 2 N–H and O–H groups in total. The first-order valence-corrected chi connectivity index (χ1v) is 15.4. The molecule has 2 fully saturated rings. The second kappa shape index (κ2) is 11.9. The molecule has 42 heavy (non-hydrogen) atoms. The molecule has 0 saturated heterocycles. The number of nitrogens with zero attached hydrogens (tertiary/aromatic N) is 1. The number of hydrogen-bond donors (Lipinski definition) is 2. The molecule has 2 saturated carbocycles. The van der Waals surface area contributed by atoms with Crippen molar-refractivity contribution < 1.29 is 19.4 Å². The average Bonchev–Trinajstić information content (AvgIpc) is 3.82. The van der Waals surface area contributed by atoms with E-state index in [1.165, 1.54) is 18.4 Å². The highest BCUT2D eigenvalue weighted by Crippen LogP contribution is 2.52. The fourth-order valence-electron chi connectivity index (χ4n) is 7.40. The highest BCUT2D eigenvalue weighted by molar-refractivity contribution is 5.98. The summed E-state index contributed by atoms with van der Waals surface area (Å²) in [7, 11) is 3.91. The van der Waals surface area contributed by atoms with Gasteiger partial charge in [0.05, 0.1) is 12.7 Å². The predicted molar refractivity (Wildman–Crippen MR) is 165 cm³/mol. The number of Topliss-reactive ketones (excluding diaryl/α,β-unsaturated/α-hetero) is 1. The van der Waals surface area contributed by atoms with Crippen LogP contribution in [0.15, 0.2) is 60.7 Å². The third kappa shape index (κ3) is 5.69. The number of benzene rings is 3. The smallest absolute Gasteiger partial charge is 0.255 e. The van der Waals surface area contributed by atoms with E-state index in [1.54, 1.807) is 19.2 Å². The molecule has 3 aliphatic carbocycles. The van der Waals surface area contributed by atoms with E-state index < -0.39 is 0 Å². The lowest BCUT2D eigenvalue weighted by molar-refractivity contribution is -0.127. The van der Waals surface area contributed by atoms with Crippen LogP contribution >= 0.6 is 0 Å². The van der Waals surface area contributed by atoms with Crippen LogP contribution < -0.4 is 10.1 Å². The maximum atomic E-state index is 13.5. The van der Waals surface area contributed by atoms with E-state index in [9.17, 15) is 14.7 Å². The van der Waals surface area contributed by atoms with Crippen molar-refractivity contribution in [3.8, 4) is 22.6 Å². The minimum atomic E-state index is -0.144. The normalized spacial score (nSPS) is 23.3. The van der Waals surface area contributed by atoms with E-state index in [2.05, 4.69) is 54.5 Å². The molecule has 6 rings (SSSR count). The summed E-state index contributed by atoms with van der Waals surface area (Å²) in [6.07, 6.45) is 5.84. The van der Waals surface area contributed by atoms with Gasteiger partial charge in [-0.3, -0.25) is 9.59 Å². The number of hydrogen-bond acceptors (Lipinski definition) is 5. The van der Waals surface area contributed by atoms with Gasteiger partial charge in [-0.1, -0.05) is 49.4 Å². The Morgan fingerprint density at radius 1 is 1.00 bits per heavy atom. The lowest BCUT2D eigenvalue weighted by Crippen LogP contribution is -2.50. The SMILES string of the molecule is COc1c(C(=O)NCCc2ccc(-c3ccc(O)cc3)cc2)ccc2c1C1C(C)C(=O)CC[C@H]1[C@H](N(C)CC1CC1)C2. The van der Waals surface area contributed by atoms with Gasteiger partial charge in [0.25, 0.3) is 5.91 Å². The molecule has 0 radical (unpaired) electrons. The maximum Gasteiger partial charge on any atom is 0.255 e. The fraction of sp³-hybridized carbons (Fsp3) is 0.444. The summed E-state index contributed by atoms with van der Waals surface area (Å²) in [5.41, 5.74) is 6.10. The summed E-state index contributed by atoms with van der Waals surface area (Å²) in [5, 5.41) is 12.6. The zero-order valence-corrected chi connectivity index (χ0v) is 24.9. The number of carbonyl (C=O) groups excluding carboxylic acids is 2. The average molecular weight is 567 g/mol. The second-order valence-corrected chi connectivity index (χ2v) is 12.6. The van der Waals surface area contributed by atoms with Gasteiger partial charge in [-0.15, -0.1) is 0 Å². The third-order valence-corrected chi connectivity index (χ3v) is 9.89. The number of amides is 1. The molecular formula is C36H42N2O4. The fourth-order valence-corrected chi connectivity index (χ4v) is 7.40. The van der Waals surface area contributed by atoms with Crippen molar-refractivity contribution in [2.24, 2.45) is 17.8 Å². The minimum absolute atomic E-state index is 0.0662. The minimum Gasteiger partial charge on any atom is -0.508 e. The standard InChI is InChI=1S/C36H42N2O4/c1-22-32(40)17-16-29-31(38(2)21-24-4-5-24)20-27-12-15-30(35(42-3)34(27)33(22)29)36(41)37-19-18-23-6-8-25(9-7-23)26-10-13-28(39)14-11-26/h6-15,22,24,29,31,33,39H,4-5,16-21H2,1-3H3,(H,37,41)/t22?,29-,31+,33?/m0/s1. The molecule has 0 heterocycles. The van der Waals surface area contributed by atoms with Gasteiger partial charge < -0.3 is 20.1 Å². The Morgan fingerprint density at radius 3 is 2.36 bits per heavy atom. The van der Waals surface area contributed by atoms with Gasteiger partial charge in [-0.05, 0) is 91.4 Å². The molecule has 1 amide bonds. The topological polar surface area (TPSA) is 78.9 Å². The van der Waals surface area contributed by atoms with Crippen LogP contribution in [-0.4, -0.2) is 55.0 Å². The quantitative estimate of drug-likeness (QED) is 0.332. The van der Waals surface area contributed by atoms with Crippen LogP contribution in [0.3, 0.4) is 0 Å². The largest absolute Gasteiger partial charge is 0.508 e. The summed E-state index contributed by atoms with van der Waals surface area (Å²) in [5.74, 6) is 2.25. The van der Waals surface area contributed by atoms with Crippen molar-refractivity contribution in [2.75, 3.05) is 27.2 Å². The maximum absolute atomic E-state index is 13.5. The summed E-state index contributed by atoms with van der Waals surface area (Å²) in [6, 6.07) is 19.9. The van der Waals surface area contributed by atoms with Gasteiger partial charge in [0.15, 0.2) is 0 Å². The van der Waals surface area contributed by atoms with E-state index in [4.69, 9.17) is 4.74 Å². The molecule has 2 unspecified atom stereocenters. The molecule has 6 nitrogen and oxygen atoms in total. The second-order valence-electron chi connectivity index (χ2n) is 12.6. The Bertz CT molecular complexity index is 1440. The number of ether oxygens (including phenoxy) is 1. The molecule has 6 heteroatoms. The van der Waals surface area contributed by atoms with E-state index in [0.717, 1.165) is 47.6 Å². The number of carbonyl (C=O) groups is 2. The summed E-state index contributed by atoms with van der Waals surface area (Å²) in [4.78, 5) is 29.0. The van der Waals surface area contributed by atoms with Gasteiger partial charge in [-0.2, -0.15) is 0 Å². The van der Waals surface area contributed by atoms with Crippen LogP contribution in [0, 0.1) is 17.8 Å². The Kier molecular flexibility index (Phi) is 8.09. The molecule has 0 bridgehead atoms. The number of ketones is 1. The lowest BCUT2D eigenvalue weighted by atomic mass is 9.60. The number of phenolic OH excluding ortho intramolecular Hbond substituents is 1. The van der Waals surface area contributed by atoms with Crippen molar-refractivity contribution >= 4 is 11.7 Å². The van der Waals surface area contributed by atoms with Crippen LogP contribution in [0.25, 0.3) is 11.1 Å². The number of methoxy groups -OCH3 is 1. The zero-order valence-electron chi connectivity index (χ0n) is 24.9. The van der Waals surface area contributed by atoms with Crippen molar-refractivity contribution in [1.82, 2.24) is 10.2 Å². The van der Waals surface area contributed by atoms with Crippen LogP contribution in [0.5, 0.6) is 11.5 Å². The van der Waals surface area contributed by atoms with Gasteiger partial charge in [0.2, 0.25) is 0 Å². The highest BCUT2D eigenvalue weighted by Gasteiger charge is 2.47. The van der Waals surface area contributed by atoms with E-state index >= 15 is 0 Å². The summed E-state index contributed by atoms with van der Waals surface area (Å²) < 4.78 is 5.99. The zero-order chi connectivity index (χ0) is 29.4. The van der Waals surface area contributed by atoms with Crippen molar-refractivity contribution in [2.45, 2.75) is 57.4 Å². The number of rotatable bonds is 9. The van der Waals surface area contributed by atoms with Gasteiger partial charge >= 0.3 is 0 Å². The number of likely N-dealkylation sites (N-methyl/N-ethyl adjacent to an activating group) is 1. The number of fused-ring (bicyclic) bond motifs is 3. The monoisotopic (exact) mass is 566 g/mol. The Hall–Kier alpha value is -3.64. The van der Waals surface area contributed by atoms with Gasteiger partial charge in [-0.25, -0.2) is 0 Å². The molecule has 3 aliphatic rings. The molecular weight excluding hydrogens is 524 g/mol. The third-order valence-electron chi connectivity index (χ3n) is 9.89. The van der Waals surface area contributed by atoms with Crippen molar-refractivity contribution in [3.05, 3.63) is 82.9 Å². The van der Waals surface area contributed by atoms with Gasteiger partial charge in [0, 0.05) is 43.0 Å². The van der Waals surface area contributed by atoms with Crippen LogP contribution in [-0.2, 0) is 17.6 Å². The number of phenols is 1. The molecule has 3 aromatic rings. The van der Waals surface area contributed by atoms with Crippen LogP contribution in [0.4, 0.5) is 0 Å². The molecule has 0 aliphatic heterocycles. The van der Waals surface area contributed by atoms with Crippen molar-refractivity contribution in [1.29, 1.82) is 0 Å². The first-order valence-electron chi connectivity index (χ1n) is 15.4. The Morgan fingerprint density at radius 2 is 1.69 bits per heavy atom. The van der Waals surface area contributed by atoms with Gasteiger partial charge in [0.1, 0.15) is 17.3 Å². The number of nitrogens with one attached hydrogen (secondary N) is 1. The van der Waals surface area contributed by atoms with Crippen LogP contribution in [0.1, 0.15) is 65.6 Å². The molecule has 4 atom stereocenters. The van der Waals surface area contributed by atoms with E-state index in [-0.39, 0.29) is 23.5 Å². The van der Waals surface area contributed by atoms with E-state index in [1.807, 2.05) is 18.2 Å². The highest BCUT2D eigenvalue weighted by atomic mass is 16.5. The molecule has 0 spiro atoms. The summed E-state index contributed by atoms with van der Waals surface area (Å²) in [6.45, 7) is 3.71. The molecule has 3 aromatic carbocycles.